The molecule has 1 aliphatic heterocycles. The van der Waals surface area contributed by atoms with Crippen molar-refractivity contribution in [3.8, 4) is 39.6 Å². The van der Waals surface area contributed by atoms with Crippen LogP contribution in [-0.2, 0) is 22.9 Å². The van der Waals surface area contributed by atoms with E-state index in [1.807, 2.05) is 81.6 Å². The standard InChI is InChI=1S/C72H64N4O/c1-70(2,3)49-36-37-73-67(42-49)76-64-30-16-15-26-59(64)60-35-33-54(44-66(60)76)77-53-23-17-22-52(43-53)74-45-75-68-55(48-38-50(71(4,5)6)41-51(39-48)72(7,8)9)27-18-28-61(68)58-34-32-47(46-20-11-10-12-21-46)40-63(58)57-25-14-13-24-56(57)62-29-19-31-65(74)69(62)75/h10-44H,45H2,1-9H3/i4D3,5D3,6D3. The molecule has 12 aromatic rings. The van der Waals surface area contributed by atoms with E-state index >= 15 is 0 Å². The highest BCUT2D eigenvalue weighted by molar-refractivity contribution is 6.22. The van der Waals surface area contributed by atoms with Crippen LogP contribution in [0.25, 0.3) is 93.2 Å². The molecule has 0 atom stereocenters. The monoisotopic (exact) mass is 1010 g/mol. The fourth-order valence-corrected chi connectivity index (χ4v) is 11.5. The summed E-state index contributed by atoms with van der Waals surface area (Å²) in [5, 5.41) is 7.97. The van der Waals surface area contributed by atoms with E-state index in [-0.39, 0.29) is 11.0 Å². The smallest absolute Gasteiger partial charge is 0.137 e. The van der Waals surface area contributed by atoms with Crippen molar-refractivity contribution >= 4 is 76.5 Å². The molecule has 0 saturated carbocycles. The summed E-state index contributed by atoms with van der Waals surface area (Å²) in [6.07, 6.45) is 1.88. The molecule has 0 spiro atoms. The van der Waals surface area contributed by atoms with Crippen LogP contribution in [0.3, 0.4) is 0 Å². The molecule has 0 amide bonds. The van der Waals surface area contributed by atoms with Gasteiger partial charge in [0.2, 0.25) is 0 Å². The van der Waals surface area contributed by atoms with Crippen molar-refractivity contribution < 1.29 is 17.1 Å². The molecule has 5 heteroatoms. The Morgan fingerprint density at radius 2 is 1.05 bits per heavy atom. The number of fused-ring (bicyclic) bond motifs is 10. The fourth-order valence-electron chi connectivity index (χ4n) is 11.5. The Morgan fingerprint density at radius 1 is 0.429 bits per heavy atom. The SMILES string of the molecule is [2H]C([2H])([2H])C(c1cc(-c2cccc3c4ccc(-c5ccccc5)cc4c4ccccc4c4cccc5c4n(c23)CN5c2cccc(Oc3ccc4c5ccccc5n(-c5cc(C(C)(C)C)ccn5)c4c3)c2)cc(C(C)(C)C)c1)(C([2H])([2H])[2H])C([2H])([2H])[2H]. The lowest BCUT2D eigenvalue weighted by Gasteiger charge is -2.27. The lowest BCUT2D eigenvalue weighted by atomic mass is 9.78. The Hall–Kier alpha value is -8.67. The average Bonchev–Trinajstić information content (AvgIpc) is 0.760. The van der Waals surface area contributed by atoms with Crippen molar-refractivity contribution in [3.05, 3.63) is 229 Å². The van der Waals surface area contributed by atoms with Gasteiger partial charge in [-0.1, -0.05) is 202 Å². The molecule has 9 aromatic carbocycles. The number of ether oxygens (including phenoxy) is 1. The van der Waals surface area contributed by atoms with Gasteiger partial charge in [-0.05, 0) is 126 Å². The highest BCUT2D eigenvalue weighted by atomic mass is 16.5. The summed E-state index contributed by atoms with van der Waals surface area (Å²) in [5.41, 5.74) is 6.13. The summed E-state index contributed by atoms with van der Waals surface area (Å²) in [4.78, 5) is 7.17. The third kappa shape index (κ3) is 8.37. The largest absolute Gasteiger partial charge is 0.457 e. The summed E-state index contributed by atoms with van der Waals surface area (Å²) in [6, 6.07) is 69.6. The molecule has 0 radical (unpaired) electrons. The van der Waals surface area contributed by atoms with Crippen molar-refractivity contribution in [2.45, 2.75) is 85.0 Å². The van der Waals surface area contributed by atoms with E-state index in [2.05, 4.69) is 174 Å². The lowest BCUT2D eigenvalue weighted by molar-refractivity contribution is 0.483. The molecular formula is C72H64N4O. The molecular weight excluding hydrogens is 937 g/mol. The number of benzene rings is 9. The zero-order valence-electron chi connectivity index (χ0n) is 53.1. The van der Waals surface area contributed by atoms with Gasteiger partial charge in [0.1, 0.15) is 24.0 Å². The molecule has 5 nitrogen and oxygen atoms in total. The molecule has 0 aliphatic carbocycles. The van der Waals surface area contributed by atoms with E-state index in [1.165, 1.54) is 17.7 Å². The van der Waals surface area contributed by atoms with Crippen LogP contribution in [0.2, 0.25) is 0 Å². The van der Waals surface area contributed by atoms with E-state index in [4.69, 9.17) is 22.1 Å². The maximum Gasteiger partial charge on any atom is 0.137 e. The highest BCUT2D eigenvalue weighted by Crippen LogP contribution is 2.47. The van der Waals surface area contributed by atoms with Gasteiger partial charge in [0.05, 0.1) is 27.8 Å². The molecule has 3 aromatic heterocycles. The minimum atomic E-state index is -3.48. The first kappa shape index (κ1) is 38.8. The van der Waals surface area contributed by atoms with Crippen LogP contribution in [0, 0.1) is 0 Å². The second-order valence-corrected chi connectivity index (χ2v) is 22.6. The van der Waals surface area contributed by atoms with Crippen molar-refractivity contribution in [3.63, 3.8) is 0 Å². The van der Waals surface area contributed by atoms with Crippen LogP contribution in [0.5, 0.6) is 11.5 Å². The Morgan fingerprint density at radius 3 is 1.82 bits per heavy atom. The minimum Gasteiger partial charge on any atom is -0.457 e. The summed E-state index contributed by atoms with van der Waals surface area (Å²) >= 11 is 0. The molecule has 0 saturated heterocycles. The number of aromatic nitrogens is 3. The number of nitrogens with zero attached hydrogens (tertiary/aromatic N) is 4. The van der Waals surface area contributed by atoms with E-state index in [0.29, 0.717) is 34.9 Å². The summed E-state index contributed by atoms with van der Waals surface area (Å²) in [6.45, 7) is 2.33. The number of hydrogen-bond donors (Lipinski definition) is 0. The van der Waals surface area contributed by atoms with Crippen molar-refractivity contribution in [1.29, 1.82) is 0 Å². The van der Waals surface area contributed by atoms with Gasteiger partial charge in [0, 0.05) is 63.5 Å². The number of pyridine rings is 1. The van der Waals surface area contributed by atoms with Gasteiger partial charge >= 0.3 is 0 Å². The van der Waals surface area contributed by atoms with Gasteiger partial charge in [-0.25, -0.2) is 4.98 Å². The van der Waals surface area contributed by atoms with E-state index in [1.54, 1.807) is 0 Å². The van der Waals surface area contributed by atoms with E-state index in [9.17, 15) is 0 Å². The number of para-hydroxylation sites is 3. The maximum absolute atomic E-state index is 8.88. The van der Waals surface area contributed by atoms with Crippen LogP contribution in [-0.4, -0.2) is 14.1 Å². The molecule has 13 rings (SSSR count). The topological polar surface area (TPSA) is 35.2 Å². The first-order valence-corrected chi connectivity index (χ1v) is 26.4. The third-order valence-corrected chi connectivity index (χ3v) is 15.5. The molecule has 77 heavy (non-hydrogen) atoms. The van der Waals surface area contributed by atoms with Gasteiger partial charge < -0.3 is 14.2 Å². The van der Waals surface area contributed by atoms with Crippen LogP contribution in [0.4, 0.5) is 11.4 Å². The predicted octanol–water partition coefficient (Wildman–Crippen LogP) is 19.8. The highest BCUT2D eigenvalue weighted by Gasteiger charge is 2.28. The van der Waals surface area contributed by atoms with Crippen molar-refractivity contribution in [2.24, 2.45) is 0 Å². The third-order valence-electron chi connectivity index (χ3n) is 15.5. The fraction of sp³-hybridized carbons (Fsp3) is 0.181. The summed E-state index contributed by atoms with van der Waals surface area (Å²) in [7, 11) is 0. The molecule has 4 heterocycles. The normalized spacial score (nSPS) is 15.1. The first-order chi connectivity index (χ1) is 40.8. The first-order valence-electron chi connectivity index (χ1n) is 30.9. The van der Waals surface area contributed by atoms with E-state index < -0.39 is 31.4 Å². The zero-order chi connectivity index (χ0) is 60.5. The van der Waals surface area contributed by atoms with Gasteiger partial charge in [-0.2, -0.15) is 0 Å². The molecule has 0 unspecified atom stereocenters. The quantitative estimate of drug-likeness (QED) is 0.166. The summed E-state index contributed by atoms with van der Waals surface area (Å²) < 4.78 is 91.3. The van der Waals surface area contributed by atoms with Crippen LogP contribution in [0.15, 0.2) is 212 Å². The molecule has 0 bridgehead atoms. The van der Waals surface area contributed by atoms with Crippen molar-refractivity contribution in [2.75, 3.05) is 4.90 Å². The Balaban J connectivity index is 1.06. The van der Waals surface area contributed by atoms with Crippen LogP contribution >= 0.6 is 0 Å². The van der Waals surface area contributed by atoms with Gasteiger partial charge in [0.25, 0.3) is 0 Å². The number of rotatable bonds is 6. The second kappa shape index (κ2) is 18.0. The minimum absolute atomic E-state index is 0.0843. The Labute approximate surface area is 464 Å². The Bertz CT molecular complexity index is 4730. The predicted molar refractivity (Wildman–Crippen MR) is 326 cm³/mol. The molecule has 0 fully saturated rings. The molecule has 378 valence electrons. The van der Waals surface area contributed by atoms with Crippen molar-refractivity contribution in [1.82, 2.24) is 14.1 Å². The average molecular weight is 1010 g/mol. The summed E-state index contributed by atoms with van der Waals surface area (Å²) in [5.74, 6) is 2.10. The van der Waals surface area contributed by atoms with Gasteiger partial charge in [0.15, 0.2) is 0 Å². The molecule has 0 N–H and O–H groups in total. The van der Waals surface area contributed by atoms with E-state index in [0.717, 1.165) is 93.5 Å². The second-order valence-electron chi connectivity index (χ2n) is 22.6. The maximum atomic E-state index is 8.88. The lowest BCUT2D eigenvalue weighted by Crippen LogP contribution is -2.17. The zero-order valence-corrected chi connectivity index (χ0v) is 44.1. The Kier molecular flexibility index (Phi) is 9.07. The van der Waals surface area contributed by atoms with Gasteiger partial charge in [-0.15, -0.1) is 0 Å². The van der Waals surface area contributed by atoms with Gasteiger partial charge in [-0.3, -0.25) is 4.57 Å². The van der Waals surface area contributed by atoms with Crippen LogP contribution < -0.4 is 9.64 Å². The number of anilines is 2. The molecule has 1 aliphatic rings. The van der Waals surface area contributed by atoms with Crippen LogP contribution in [0.1, 0.15) is 91.1 Å². The number of hydrogen-bond acceptors (Lipinski definition) is 3.